The van der Waals surface area contributed by atoms with Crippen LogP contribution >= 0.6 is 0 Å². The second-order valence-electron chi connectivity index (χ2n) is 3.75. The summed E-state index contributed by atoms with van der Waals surface area (Å²) in [6.07, 6.45) is 13.8. The number of terminal acetylenes is 1. The molecule has 80 valence electrons. The molecule has 1 atom stereocenters. The van der Waals surface area contributed by atoms with Gasteiger partial charge in [0.2, 0.25) is 0 Å². The SMILES string of the molecule is C#CCCCC(N)CCc1ccncc1. The Morgan fingerprint density at radius 2 is 2.07 bits per heavy atom. The summed E-state index contributed by atoms with van der Waals surface area (Å²) in [5.74, 6) is 2.63. The Morgan fingerprint density at radius 1 is 1.33 bits per heavy atom. The number of aryl methyl sites for hydroxylation is 1. The molecule has 0 radical (unpaired) electrons. The summed E-state index contributed by atoms with van der Waals surface area (Å²) in [5, 5.41) is 0. The predicted octanol–water partition coefficient (Wildman–Crippen LogP) is 2.15. The Morgan fingerprint density at radius 3 is 2.73 bits per heavy atom. The first-order valence-corrected chi connectivity index (χ1v) is 5.41. The second-order valence-corrected chi connectivity index (χ2v) is 3.75. The zero-order valence-corrected chi connectivity index (χ0v) is 9.02. The number of hydrogen-bond acceptors (Lipinski definition) is 2. The minimum Gasteiger partial charge on any atom is -0.328 e. The maximum Gasteiger partial charge on any atom is 0.0270 e. The van der Waals surface area contributed by atoms with E-state index in [0.717, 1.165) is 32.1 Å². The van der Waals surface area contributed by atoms with Gasteiger partial charge in [-0.15, -0.1) is 12.3 Å². The van der Waals surface area contributed by atoms with Gasteiger partial charge >= 0.3 is 0 Å². The first kappa shape index (κ1) is 11.7. The van der Waals surface area contributed by atoms with Crippen molar-refractivity contribution in [3.05, 3.63) is 30.1 Å². The molecule has 0 bridgehead atoms. The molecule has 1 unspecified atom stereocenters. The Hall–Kier alpha value is -1.33. The first-order valence-electron chi connectivity index (χ1n) is 5.41. The Labute approximate surface area is 91.9 Å². The third-order valence-electron chi connectivity index (χ3n) is 2.45. The van der Waals surface area contributed by atoms with Crippen LogP contribution in [0.2, 0.25) is 0 Å². The lowest BCUT2D eigenvalue weighted by Gasteiger charge is -2.10. The van der Waals surface area contributed by atoms with Crippen LogP contribution in [0.25, 0.3) is 0 Å². The fourth-order valence-corrected chi connectivity index (χ4v) is 1.51. The van der Waals surface area contributed by atoms with E-state index in [1.54, 1.807) is 0 Å². The van der Waals surface area contributed by atoms with E-state index in [-0.39, 0.29) is 6.04 Å². The van der Waals surface area contributed by atoms with Gasteiger partial charge in [0.1, 0.15) is 0 Å². The van der Waals surface area contributed by atoms with Crippen LogP contribution in [-0.4, -0.2) is 11.0 Å². The highest BCUT2D eigenvalue weighted by Crippen LogP contribution is 2.07. The molecule has 0 fully saturated rings. The molecular weight excluding hydrogens is 184 g/mol. The van der Waals surface area contributed by atoms with Crippen molar-refractivity contribution in [2.45, 2.75) is 38.1 Å². The molecule has 0 aromatic carbocycles. The zero-order valence-electron chi connectivity index (χ0n) is 9.02. The average molecular weight is 202 g/mol. The Kier molecular flexibility index (Phi) is 5.50. The summed E-state index contributed by atoms with van der Waals surface area (Å²) >= 11 is 0. The lowest BCUT2D eigenvalue weighted by Crippen LogP contribution is -2.20. The molecule has 0 saturated carbocycles. The number of aromatic nitrogens is 1. The lowest BCUT2D eigenvalue weighted by atomic mass is 10.0. The van der Waals surface area contributed by atoms with Crippen LogP contribution in [0.5, 0.6) is 0 Å². The van der Waals surface area contributed by atoms with Gasteiger partial charge in [-0.3, -0.25) is 4.98 Å². The molecule has 0 saturated heterocycles. The molecule has 15 heavy (non-hydrogen) atoms. The number of hydrogen-bond donors (Lipinski definition) is 1. The number of pyridine rings is 1. The van der Waals surface area contributed by atoms with Crippen molar-refractivity contribution in [2.24, 2.45) is 5.73 Å². The highest BCUT2D eigenvalue weighted by molar-refractivity contribution is 5.09. The van der Waals surface area contributed by atoms with Crippen molar-refractivity contribution >= 4 is 0 Å². The maximum absolute atomic E-state index is 5.98. The molecule has 0 aliphatic rings. The molecular formula is C13H18N2. The summed E-state index contributed by atoms with van der Waals surface area (Å²) in [5.41, 5.74) is 7.28. The van der Waals surface area contributed by atoms with Crippen molar-refractivity contribution in [2.75, 3.05) is 0 Å². The van der Waals surface area contributed by atoms with Crippen LogP contribution in [0.4, 0.5) is 0 Å². The molecule has 1 rings (SSSR count). The van der Waals surface area contributed by atoms with Gasteiger partial charge in [-0.05, 0) is 43.4 Å². The van der Waals surface area contributed by atoms with Crippen LogP contribution < -0.4 is 5.73 Å². The monoisotopic (exact) mass is 202 g/mol. The van der Waals surface area contributed by atoms with Crippen molar-refractivity contribution in [1.29, 1.82) is 0 Å². The summed E-state index contributed by atoms with van der Waals surface area (Å²) in [7, 11) is 0. The van der Waals surface area contributed by atoms with E-state index < -0.39 is 0 Å². The first-order chi connectivity index (χ1) is 7.33. The smallest absolute Gasteiger partial charge is 0.0270 e. The summed E-state index contributed by atoms with van der Waals surface area (Å²) in [6, 6.07) is 4.34. The van der Waals surface area contributed by atoms with Crippen LogP contribution in [0.1, 0.15) is 31.2 Å². The van der Waals surface area contributed by atoms with Crippen molar-refractivity contribution in [3.63, 3.8) is 0 Å². The quantitative estimate of drug-likeness (QED) is 0.567. The number of nitrogens with zero attached hydrogens (tertiary/aromatic N) is 1. The predicted molar refractivity (Wildman–Crippen MR) is 63.2 cm³/mol. The summed E-state index contributed by atoms with van der Waals surface area (Å²) < 4.78 is 0. The molecule has 0 aliphatic heterocycles. The topological polar surface area (TPSA) is 38.9 Å². The van der Waals surface area contributed by atoms with E-state index in [1.165, 1.54) is 5.56 Å². The molecule has 0 aliphatic carbocycles. The van der Waals surface area contributed by atoms with Gasteiger partial charge < -0.3 is 5.73 Å². The molecule has 0 amide bonds. The van der Waals surface area contributed by atoms with Gasteiger partial charge in [-0.2, -0.15) is 0 Å². The van der Waals surface area contributed by atoms with E-state index in [9.17, 15) is 0 Å². The zero-order chi connectivity index (χ0) is 10.9. The van der Waals surface area contributed by atoms with Gasteiger partial charge in [0.25, 0.3) is 0 Å². The van der Waals surface area contributed by atoms with Crippen LogP contribution in [0.3, 0.4) is 0 Å². The summed E-state index contributed by atoms with van der Waals surface area (Å²) in [6.45, 7) is 0. The lowest BCUT2D eigenvalue weighted by molar-refractivity contribution is 0.551. The average Bonchev–Trinajstić information content (AvgIpc) is 2.28. The van der Waals surface area contributed by atoms with Crippen molar-refractivity contribution in [1.82, 2.24) is 4.98 Å². The van der Waals surface area contributed by atoms with Gasteiger partial charge in [0.15, 0.2) is 0 Å². The normalized spacial score (nSPS) is 12.0. The van der Waals surface area contributed by atoms with Gasteiger partial charge in [-0.1, -0.05) is 0 Å². The highest BCUT2D eigenvalue weighted by atomic mass is 14.6. The number of nitrogens with two attached hydrogens (primary N) is 1. The standard InChI is InChI=1S/C13H18N2/c1-2-3-4-5-13(14)7-6-12-8-10-15-11-9-12/h1,8-11,13H,3-7,14H2. The Balaban J connectivity index is 2.17. The molecule has 2 heteroatoms. The molecule has 2 nitrogen and oxygen atoms in total. The van der Waals surface area contributed by atoms with Gasteiger partial charge in [0.05, 0.1) is 0 Å². The molecule has 0 spiro atoms. The number of rotatable bonds is 6. The summed E-state index contributed by atoms with van der Waals surface area (Å²) in [4.78, 5) is 3.98. The van der Waals surface area contributed by atoms with Gasteiger partial charge in [-0.25, -0.2) is 0 Å². The third kappa shape index (κ3) is 5.19. The third-order valence-corrected chi connectivity index (χ3v) is 2.45. The molecule has 1 aromatic heterocycles. The fraction of sp³-hybridized carbons (Fsp3) is 0.462. The van der Waals surface area contributed by atoms with Crippen LogP contribution in [0, 0.1) is 12.3 Å². The second kappa shape index (κ2) is 7.03. The van der Waals surface area contributed by atoms with Crippen LogP contribution in [-0.2, 0) is 6.42 Å². The van der Waals surface area contributed by atoms with Crippen molar-refractivity contribution < 1.29 is 0 Å². The van der Waals surface area contributed by atoms with Crippen molar-refractivity contribution in [3.8, 4) is 12.3 Å². The molecule has 1 heterocycles. The van der Waals surface area contributed by atoms with E-state index in [4.69, 9.17) is 12.2 Å². The van der Waals surface area contributed by atoms with E-state index in [0.29, 0.717) is 0 Å². The fourth-order valence-electron chi connectivity index (χ4n) is 1.51. The van der Waals surface area contributed by atoms with E-state index >= 15 is 0 Å². The van der Waals surface area contributed by atoms with Gasteiger partial charge in [0, 0.05) is 24.9 Å². The molecule has 1 aromatic rings. The maximum atomic E-state index is 5.98. The minimum absolute atomic E-state index is 0.270. The van der Waals surface area contributed by atoms with E-state index in [2.05, 4.69) is 10.9 Å². The largest absolute Gasteiger partial charge is 0.328 e. The molecule has 2 N–H and O–H groups in total. The number of unbranched alkanes of at least 4 members (excludes halogenated alkanes) is 1. The highest BCUT2D eigenvalue weighted by Gasteiger charge is 2.02. The Bertz CT molecular complexity index is 300. The minimum atomic E-state index is 0.270. The van der Waals surface area contributed by atoms with Crippen LogP contribution in [0.15, 0.2) is 24.5 Å². The van der Waals surface area contributed by atoms with E-state index in [1.807, 2.05) is 24.5 Å².